The number of aliphatic hydroxyl groups is 1. The van der Waals surface area contributed by atoms with E-state index in [2.05, 4.69) is 15.0 Å². The van der Waals surface area contributed by atoms with Crippen LogP contribution in [0.25, 0.3) is 11.2 Å². The highest BCUT2D eigenvalue weighted by molar-refractivity contribution is 5.69. The average molecular weight is 378 g/mol. The van der Waals surface area contributed by atoms with Crippen molar-refractivity contribution in [3.8, 4) is 6.19 Å². The molecule has 1 saturated carbocycles. The van der Waals surface area contributed by atoms with Gasteiger partial charge in [0.2, 0.25) is 11.7 Å². The predicted molar refractivity (Wildman–Crippen MR) is 96.4 cm³/mol. The Balaban J connectivity index is 1.49. The molecule has 5 rings (SSSR count). The summed E-state index contributed by atoms with van der Waals surface area (Å²) in [6, 6.07) is 9.72. The van der Waals surface area contributed by atoms with Crippen molar-refractivity contribution >= 4 is 11.2 Å². The van der Waals surface area contributed by atoms with Crippen molar-refractivity contribution < 1.29 is 14.7 Å². The van der Waals surface area contributed by atoms with E-state index < -0.39 is 11.7 Å². The zero-order chi connectivity index (χ0) is 19.1. The number of nitriles is 1. The van der Waals surface area contributed by atoms with Crippen LogP contribution < -0.4 is 10.3 Å². The molecule has 0 unspecified atom stereocenters. The molecule has 9 nitrogen and oxygen atoms in total. The molecule has 3 heterocycles. The van der Waals surface area contributed by atoms with E-state index in [-0.39, 0.29) is 11.5 Å². The molecule has 0 radical (unpaired) electrons. The minimum Gasteiger partial charge on any atom is -0.406 e. The lowest BCUT2D eigenvalue weighted by Gasteiger charge is -2.13. The van der Waals surface area contributed by atoms with Gasteiger partial charge in [0.05, 0.1) is 19.0 Å². The van der Waals surface area contributed by atoms with Gasteiger partial charge >= 0.3 is 0 Å². The van der Waals surface area contributed by atoms with Gasteiger partial charge in [0.15, 0.2) is 11.2 Å². The van der Waals surface area contributed by atoms with Crippen molar-refractivity contribution in [3.63, 3.8) is 0 Å². The van der Waals surface area contributed by atoms with Crippen LogP contribution in [-0.4, -0.2) is 42.7 Å². The van der Waals surface area contributed by atoms with Gasteiger partial charge < -0.3 is 19.2 Å². The smallest absolute Gasteiger partial charge is 0.211 e. The molecule has 3 aromatic rings. The molecule has 28 heavy (non-hydrogen) atoms. The predicted octanol–water partition coefficient (Wildman–Crippen LogP) is 0.708. The summed E-state index contributed by atoms with van der Waals surface area (Å²) in [5.41, 5.74) is 1.94. The highest BCUT2D eigenvalue weighted by Crippen LogP contribution is 2.48. The summed E-state index contributed by atoms with van der Waals surface area (Å²) in [5, 5.41) is 19.4. The van der Waals surface area contributed by atoms with E-state index in [1.165, 1.54) is 11.1 Å². The third-order valence-electron chi connectivity index (χ3n) is 5.43. The van der Waals surface area contributed by atoms with E-state index in [0.29, 0.717) is 37.2 Å². The summed E-state index contributed by atoms with van der Waals surface area (Å²) in [4.78, 5) is 18.6. The Kier molecular flexibility index (Phi) is 3.89. The molecule has 1 saturated heterocycles. The summed E-state index contributed by atoms with van der Waals surface area (Å²) in [6.07, 6.45) is 5.79. The largest absolute Gasteiger partial charge is 0.406 e. The zero-order valence-corrected chi connectivity index (χ0v) is 15.0. The van der Waals surface area contributed by atoms with E-state index in [9.17, 15) is 5.11 Å². The topological polar surface area (TPSA) is 114 Å². The summed E-state index contributed by atoms with van der Waals surface area (Å²) in [7, 11) is 0. The number of fused-ring (bicyclic) bond motifs is 1. The van der Waals surface area contributed by atoms with Crippen LogP contribution in [0.15, 0.2) is 48.0 Å². The minimum atomic E-state index is -0.485. The normalized spacial score (nSPS) is 26.6. The molecule has 0 bridgehead atoms. The highest BCUT2D eigenvalue weighted by atomic mass is 16.7. The maximum atomic E-state index is 10.3. The monoisotopic (exact) mass is 378 g/mol. The van der Waals surface area contributed by atoms with Gasteiger partial charge in [-0.25, -0.2) is 9.97 Å². The third kappa shape index (κ3) is 2.74. The molecular formula is C19H18N6O3. The Labute approximate surface area is 160 Å². The van der Waals surface area contributed by atoms with Crippen LogP contribution in [0.3, 0.4) is 0 Å². The second kappa shape index (κ2) is 6.44. The van der Waals surface area contributed by atoms with Crippen LogP contribution in [0.4, 0.5) is 0 Å². The summed E-state index contributed by atoms with van der Waals surface area (Å²) in [6.45, 7) is 0.898. The fourth-order valence-electron chi connectivity index (χ4n) is 3.84. The number of hydrogen-bond acceptors (Lipinski definition) is 7. The molecule has 3 atom stereocenters. The Morgan fingerprint density at radius 3 is 2.86 bits per heavy atom. The van der Waals surface area contributed by atoms with Crippen LogP contribution in [-0.2, 0) is 11.3 Å². The van der Waals surface area contributed by atoms with Crippen molar-refractivity contribution in [2.75, 3.05) is 6.61 Å². The molecular weight excluding hydrogens is 360 g/mol. The fourth-order valence-corrected chi connectivity index (χ4v) is 3.84. The zero-order valence-electron chi connectivity index (χ0n) is 15.0. The van der Waals surface area contributed by atoms with E-state index in [0.717, 1.165) is 5.56 Å². The van der Waals surface area contributed by atoms with Gasteiger partial charge in [-0.3, -0.25) is 0 Å². The van der Waals surface area contributed by atoms with Gasteiger partial charge in [0.1, 0.15) is 18.5 Å². The van der Waals surface area contributed by atoms with E-state index in [1.54, 1.807) is 6.33 Å². The molecule has 2 aliphatic rings. The molecule has 1 aliphatic heterocycles. The quantitative estimate of drug-likeness (QED) is 0.528. The highest BCUT2D eigenvalue weighted by Gasteiger charge is 2.57. The van der Waals surface area contributed by atoms with Gasteiger partial charge in [-0.1, -0.05) is 30.3 Å². The van der Waals surface area contributed by atoms with E-state index in [1.807, 2.05) is 41.1 Å². The van der Waals surface area contributed by atoms with E-state index >= 15 is 0 Å². The first-order valence-electron chi connectivity index (χ1n) is 9.06. The summed E-state index contributed by atoms with van der Waals surface area (Å²) >= 11 is 0. The first-order valence-corrected chi connectivity index (χ1v) is 9.06. The molecule has 0 amide bonds. The maximum absolute atomic E-state index is 10.3. The second-order valence-corrected chi connectivity index (χ2v) is 7.15. The van der Waals surface area contributed by atoms with Gasteiger partial charge in [0.25, 0.3) is 0 Å². The number of aliphatic hydroxyl groups excluding tert-OH is 1. The standard InChI is InChI=1S/C19H18N6O3/c20-10-21-18-16-17(23-12-25(18)28-8-13-4-2-1-3-5-13)24(11-22-16)14-6-15(26)19(7-14)9-27-19/h1-5,11-12,14-15,26H,6-9H2/b21-18+/t14-,15+,19+/m1/s1. The Morgan fingerprint density at radius 2 is 2.14 bits per heavy atom. The molecule has 2 fully saturated rings. The van der Waals surface area contributed by atoms with Crippen LogP contribution in [0.1, 0.15) is 24.4 Å². The van der Waals surface area contributed by atoms with Crippen molar-refractivity contribution in [3.05, 3.63) is 54.0 Å². The number of rotatable bonds is 4. The van der Waals surface area contributed by atoms with Crippen molar-refractivity contribution in [2.24, 2.45) is 4.99 Å². The van der Waals surface area contributed by atoms with Gasteiger partial charge in [-0.15, -0.1) is 4.99 Å². The van der Waals surface area contributed by atoms with Crippen molar-refractivity contribution in [1.29, 1.82) is 5.26 Å². The molecule has 1 N–H and O–H groups in total. The SMILES string of the molecule is N#C/N=c1\c2ncn([C@@H]3C[C@H](O)[C@@]4(CO4)C3)c2ncn1OCc1ccccc1. The Hall–Kier alpha value is -3.22. The van der Waals surface area contributed by atoms with Crippen LogP contribution in [0.5, 0.6) is 0 Å². The maximum Gasteiger partial charge on any atom is 0.211 e. The second-order valence-electron chi connectivity index (χ2n) is 7.15. The third-order valence-corrected chi connectivity index (χ3v) is 5.43. The Bertz CT molecular complexity index is 1130. The molecule has 1 spiro atoms. The number of ether oxygens (including phenoxy) is 1. The molecule has 2 aromatic heterocycles. The van der Waals surface area contributed by atoms with Crippen LogP contribution >= 0.6 is 0 Å². The molecule has 9 heteroatoms. The first-order chi connectivity index (χ1) is 13.7. The summed E-state index contributed by atoms with van der Waals surface area (Å²) < 4.78 is 8.76. The number of epoxide rings is 1. The lowest BCUT2D eigenvalue weighted by molar-refractivity contribution is 0.0862. The summed E-state index contributed by atoms with van der Waals surface area (Å²) in [5.74, 6) is 0. The molecule has 1 aliphatic carbocycles. The van der Waals surface area contributed by atoms with E-state index in [4.69, 9.17) is 14.8 Å². The van der Waals surface area contributed by atoms with Crippen molar-refractivity contribution in [1.82, 2.24) is 19.3 Å². The van der Waals surface area contributed by atoms with Crippen LogP contribution in [0, 0.1) is 11.5 Å². The molecule has 142 valence electrons. The number of aromatic nitrogens is 4. The lowest BCUT2D eigenvalue weighted by atomic mass is 10.1. The number of benzene rings is 1. The number of nitrogens with zero attached hydrogens (tertiary/aromatic N) is 6. The van der Waals surface area contributed by atoms with Crippen LogP contribution in [0.2, 0.25) is 0 Å². The van der Waals surface area contributed by atoms with Gasteiger partial charge in [-0.05, 0) is 12.0 Å². The number of imidazole rings is 1. The lowest BCUT2D eigenvalue weighted by Crippen LogP contribution is -2.28. The minimum absolute atomic E-state index is 0.0334. The van der Waals surface area contributed by atoms with Gasteiger partial charge in [-0.2, -0.15) is 9.99 Å². The Morgan fingerprint density at radius 1 is 1.32 bits per heavy atom. The first kappa shape index (κ1) is 16.9. The number of hydrogen-bond donors (Lipinski definition) is 1. The molecule has 1 aromatic carbocycles. The fraction of sp³-hybridized carbons (Fsp3) is 0.368. The van der Waals surface area contributed by atoms with Gasteiger partial charge in [0, 0.05) is 12.5 Å². The average Bonchev–Trinajstić information content (AvgIpc) is 3.25. The van der Waals surface area contributed by atoms with Crippen molar-refractivity contribution in [2.45, 2.75) is 37.2 Å².